The molecule has 0 unspecified atom stereocenters. The van der Waals surface area contributed by atoms with Crippen molar-refractivity contribution >= 4 is 39.7 Å². The molecule has 0 aliphatic heterocycles. The van der Waals surface area contributed by atoms with Crippen molar-refractivity contribution in [2.45, 2.75) is 6.92 Å². The highest BCUT2D eigenvalue weighted by molar-refractivity contribution is 9.10. The lowest BCUT2D eigenvalue weighted by Gasteiger charge is -2.03. The summed E-state index contributed by atoms with van der Waals surface area (Å²) in [5.74, 6) is 0. The first-order valence-electron chi connectivity index (χ1n) is 5.22. The minimum atomic E-state index is 0. The number of benzene rings is 1. The van der Waals surface area contributed by atoms with Crippen LogP contribution >= 0.6 is 28.3 Å². The monoisotopic (exact) mass is 325 g/mol. The number of hydrogen-bond acceptors (Lipinski definition) is 3. The first-order valence-corrected chi connectivity index (χ1v) is 6.01. The van der Waals surface area contributed by atoms with Gasteiger partial charge >= 0.3 is 0 Å². The molecule has 0 fully saturated rings. The molecule has 1 aromatic carbocycles. The average Bonchev–Trinajstić information content (AvgIpc) is 2.39. The van der Waals surface area contributed by atoms with Gasteiger partial charge < -0.3 is 0 Å². The van der Waals surface area contributed by atoms with Crippen LogP contribution in [0.5, 0.6) is 0 Å². The van der Waals surface area contributed by atoms with Crippen molar-refractivity contribution in [1.29, 1.82) is 0 Å². The second-order valence-corrected chi connectivity index (χ2v) is 4.47. The first-order chi connectivity index (χ1) is 8.25. The minimum Gasteiger partial charge on any atom is -0.278 e. The maximum Gasteiger partial charge on any atom is 0.0663 e. The molecule has 0 amide bonds. The molecule has 18 heavy (non-hydrogen) atoms. The molecule has 0 saturated carbocycles. The molecule has 94 valence electrons. The van der Waals surface area contributed by atoms with Crippen LogP contribution in [0, 0.1) is 0 Å². The van der Waals surface area contributed by atoms with Gasteiger partial charge in [-0.1, -0.05) is 22.0 Å². The van der Waals surface area contributed by atoms with Gasteiger partial charge in [-0.3, -0.25) is 10.4 Å². The molecule has 3 nitrogen and oxygen atoms in total. The van der Waals surface area contributed by atoms with Gasteiger partial charge in [-0.25, -0.2) is 0 Å². The van der Waals surface area contributed by atoms with E-state index in [0.717, 1.165) is 21.4 Å². The normalized spacial score (nSPS) is 10.7. The Bertz CT molecular complexity index is 512. The molecule has 0 atom stereocenters. The van der Waals surface area contributed by atoms with Gasteiger partial charge in [-0.05, 0) is 37.3 Å². The fraction of sp³-hybridized carbons (Fsp3) is 0.0769. The van der Waals surface area contributed by atoms with E-state index in [1.807, 2.05) is 43.3 Å². The number of rotatable bonds is 3. The summed E-state index contributed by atoms with van der Waals surface area (Å²) in [4.78, 5) is 4.06. The Hall–Kier alpha value is -1.39. The van der Waals surface area contributed by atoms with Gasteiger partial charge in [0.15, 0.2) is 0 Å². The first kappa shape index (κ1) is 14.7. The predicted molar refractivity (Wildman–Crippen MR) is 81.5 cm³/mol. The zero-order chi connectivity index (χ0) is 12.1. The number of halogens is 2. The number of anilines is 1. The van der Waals surface area contributed by atoms with Gasteiger partial charge in [0.25, 0.3) is 0 Å². The van der Waals surface area contributed by atoms with Gasteiger partial charge in [0.05, 0.1) is 11.4 Å². The van der Waals surface area contributed by atoms with Crippen LogP contribution in [0.2, 0.25) is 0 Å². The maximum atomic E-state index is 4.31. The van der Waals surface area contributed by atoms with Crippen LogP contribution < -0.4 is 5.43 Å². The Morgan fingerprint density at radius 3 is 2.56 bits per heavy atom. The van der Waals surface area contributed by atoms with E-state index in [1.165, 1.54) is 0 Å². The van der Waals surface area contributed by atoms with Crippen molar-refractivity contribution in [2.75, 3.05) is 5.43 Å². The molecular weight excluding hydrogens is 314 g/mol. The van der Waals surface area contributed by atoms with E-state index in [0.29, 0.717) is 0 Å². The number of pyridine rings is 1. The summed E-state index contributed by atoms with van der Waals surface area (Å²) in [6.45, 7) is 1.95. The number of aromatic nitrogens is 1. The molecule has 0 radical (unpaired) electrons. The Balaban J connectivity index is 0.00000162. The Morgan fingerprint density at radius 1 is 1.22 bits per heavy atom. The van der Waals surface area contributed by atoms with Crippen LogP contribution in [0.4, 0.5) is 5.69 Å². The fourth-order valence-electron chi connectivity index (χ4n) is 1.31. The van der Waals surface area contributed by atoms with Gasteiger partial charge in [-0.2, -0.15) is 5.10 Å². The summed E-state index contributed by atoms with van der Waals surface area (Å²) in [5, 5.41) is 4.31. The van der Waals surface area contributed by atoms with E-state index < -0.39 is 0 Å². The van der Waals surface area contributed by atoms with Crippen molar-refractivity contribution in [2.24, 2.45) is 5.10 Å². The summed E-state index contributed by atoms with van der Waals surface area (Å²) in [6.07, 6.45) is 3.54. The third kappa shape index (κ3) is 4.13. The van der Waals surface area contributed by atoms with Gasteiger partial charge in [-0.15, -0.1) is 12.4 Å². The number of nitrogens with zero attached hydrogens (tertiary/aromatic N) is 2. The summed E-state index contributed by atoms with van der Waals surface area (Å²) in [7, 11) is 0. The highest BCUT2D eigenvalue weighted by Gasteiger charge is 1.96. The SMILES string of the molecule is C/C(=N\Nc1ccc(Br)cc1)c1cccnc1.Cl. The molecule has 2 rings (SSSR count). The summed E-state index contributed by atoms with van der Waals surface area (Å²) >= 11 is 3.39. The molecule has 0 aliphatic rings. The second kappa shape index (κ2) is 7.13. The largest absolute Gasteiger partial charge is 0.278 e. The average molecular weight is 327 g/mol. The summed E-state index contributed by atoms with van der Waals surface area (Å²) in [6, 6.07) is 11.7. The third-order valence-electron chi connectivity index (χ3n) is 2.28. The van der Waals surface area contributed by atoms with Crippen molar-refractivity contribution < 1.29 is 0 Å². The lowest BCUT2D eigenvalue weighted by molar-refractivity contribution is 1.28. The van der Waals surface area contributed by atoms with Crippen LogP contribution in [-0.4, -0.2) is 10.7 Å². The lowest BCUT2D eigenvalue weighted by atomic mass is 10.2. The van der Waals surface area contributed by atoms with Crippen LogP contribution in [0.3, 0.4) is 0 Å². The summed E-state index contributed by atoms with van der Waals surface area (Å²) in [5.41, 5.74) is 5.88. The molecule has 0 spiro atoms. The number of hydrazone groups is 1. The fourth-order valence-corrected chi connectivity index (χ4v) is 1.58. The van der Waals surface area contributed by atoms with E-state index in [9.17, 15) is 0 Å². The van der Waals surface area contributed by atoms with Crippen LogP contribution in [0.15, 0.2) is 58.4 Å². The lowest BCUT2D eigenvalue weighted by Crippen LogP contribution is -1.99. The van der Waals surface area contributed by atoms with Gasteiger partial charge in [0.1, 0.15) is 0 Å². The Labute approximate surface area is 121 Å². The van der Waals surface area contributed by atoms with Crippen LogP contribution in [-0.2, 0) is 0 Å². The molecule has 0 saturated heterocycles. The van der Waals surface area contributed by atoms with Crippen molar-refractivity contribution in [3.05, 3.63) is 58.8 Å². The predicted octanol–water partition coefficient (Wildman–Crippen LogP) is 4.10. The molecule has 1 N–H and O–H groups in total. The quantitative estimate of drug-likeness (QED) is 0.681. The molecule has 1 aromatic heterocycles. The zero-order valence-electron chi connectivity index (χ0n) is 9.80. The molecule has 0 aliphatic carbocycles. The Kier molecular flexibility index (Phi) is 5.82. The molecular formula is C13H13BrClN3. The summed E-state index contributed by atoms with van der Waals surface area (Å²) < 4.78 is 1.05. The van der Waals surface area contributed by atoms with Crippen molar-refractivity contribution in [1.82, 2.24) is 4.98 Å². The smallest absolute Gasteiger partial charge is 0.0663 e. The topological polar surface area (TPSA) is 37.3 Å². The van der Waals surface area contributed by atoms with Crippen LogP contribution in [0.25, 0.3) is 0 Å². The van der Waals surface area contributed by atoms with Gasteiger partial charge in [0, 0.05) is 22.4 Å². The highest BCUT2D eigenvalue weighted by atomic mass is 79.9. The maximum absolute atomic E-state index is 4.31. The standard InChI is InChI=1S/C13H12BrN3.ClH/c1-10(11-3-2-8-15-9-11)16-17-13-6-4-12(14)5-7-13;/h2-9,17H,1H3;1H/b16-10+;. The van der Waals surface area contributed by atoms with E-state index in [2.05, 4.69) is 31.4 Å². The van der Waals surface area contributed by atoms with Crippen LogP contribution in [0.1, 0.15) is 12.5 Å². The van der Waals surface area contributed by atoms with E-state index >= 15 is 0 Å². The van der Waals surface area contributed by atoms with Gasteiger partial charge in [0.2, 0.25) is 0 Å². The molecule has 2 aromatic rings. The van der Waals surface area contributed by atoms with E-state index in [4.69, 9.17) is 0 Å². The highest BCUT2D eigenvalue weighted by Crippen LogP contribution is 2.14. The second-order valence-electron chi connectivity index (χ2n) is 3.56. The third-order valence-corrected chi connectivity index (χ3v) is 2.80. The molecule has 0 bridgehead atoms. The zero-order valence-corrected chi connectivity index (χ0v) is 12.2. The number of nitrogens with one attached hydrogen (secondary N) is 1. The van der Waals surface area contributed by atoms with E-state index in [-0.39, 0.29) is 12.4 Å². The van der Waals surface area contributed by atoms with Crippen molar-refractivity contribution in [3.63, 3.8) is 0 Å². The molecule has 5 heteroatoms. The number of hydrogen-bond donors (Lipinski definition) is 1. The van der Waals surface area contributed by atoms with E-state index in [1.54, 1.807) is 12.4 Å². The Morgan fingerprint density at radius 2 is 1.94 bits per heavy atom. The molecule has 1 heterocycles. The minimum absolute atomic E-state index is 0. The van der Waals surface area contributed by atoms with Crippen molar-refractivity contribution in [3.8, 4) is 0 Å².